The fourth-order valence-corrected chi connectivity index (χ4v) is 5.73. The molecule has 38 heavy (non-hydrogen) atoms. The number of aromatic amines is 2. The maximum Gasteiger partial charge on any atom is 0.296 e. The van der Waals surface area contributed by atoms with Gasteiger partial charge < -0.3 is 34.6 Å². The number of anilines is 1. The topological polar surface area (TPSA) is 134 Å². The number of aliphatic hydroxyl groups excluding tert-OH is 1. The number of aryl methyl sites for hydroxylation is 1. The van der Waals surface area contributed by atoms with Crippen molar-refractivity contribution in [2.75, 3.05) is 18.5 Å². The summed E-state index contributed by atoms with van der Waals surface area (Å²) in [5.41, 5.74) is 3.69. The average molecular weight is 540 g/mol. The molecule has 1 aromatic carbocycles. The highest BCUT2D eigenvalue weighted by atomic mass is 35.5. The van der Waals surface area contributed by atoms with Crippen molar-refractivity contribution < 1.29 is 23.7 Å². The number of hydrogen-bond acceptors (Lipinski definition) is 8. The van der Waals surface area contributed by atoms with Gasteiger partial charge in [0.2, 0.25) is 5.56 Å². The monoisotopic (exact) mass is 539 g/mol. The number of aliphatic hydroxyl groups is 1. The Morgan fingerprint density at radius 2 is 2.00 bits per heavy atom. The summed E-state index contributed by atoms with van der Waals surface area (Å²) in [6.45, 7) is 0.488. The summed E-state index contributed by atoms with van der Waals surface area (Å²) in [4.78, 5) is 26.1. The molecule has 2 fully saturated rings. The summed E-state index contributed by atoms with van der Waals surface area (Å²) in [5, 5.41) is 13.6. The number of fused-ring (bicyclic) bond motifs is 3. The van der Waals surface area contributed by atoms with Gasteiger partial charge in [0.15, 0.2) is 11.8 Å². The second-order valence-electron chi connectivity index (χ2n) is 9.76. The zero-order valence-electron chi connectivity index (χ0n) is 19.9. The summed E-state index contributed by atoms with van der Waals surface area (Å²) in [6.07, 6.45) is 1.08. The zero-order valence-corrected chi connectivity index (χ0v) is 20.7. The standard InChI is InChI=1S/C26H23ClFN5O5/c27-14-7-17-25(33-26(31-17)38-19-10-37-22-18(34)9-36-23(19)22)32-24(14)30-16-3-1-11-5-13(6-15(28)21(11)16)12-2-4-20(35)29-8-12/h2,4-8,16,18-19,22-23,34H,1,3,9-10H2,(H,29,35)(H2,30,31,32,33)/t16?,18-,19-,22-,23-/m1/s1. The van der Waals surface area contributed by atoms with Crippen molar-refractivity contribution >= 4 is 28.6 Å². The largest absolute Gasteiger partial charge is 0.456 e. The van der Waals surface area contributed by atoms with E-state index in [0.29, 0.717) is 46.0 Å². The molecule has 5 atom stereocenters. The Morgan fingerprint density at radius 1 is 1.13 bits per heavy atom. The molecule has 2 saturated heterocycles. The quantitative estimate of drug-likeness (QED) is 0.304. The van der Waals surface area contributed by atoms with Crippen LogP contribution < -0.4 is 15.6 Å². The van der Waals surface area contributed by atoms with Crippen molar-refractivity contribution in [3.8, 4) is 17.1 Å². The number of aromatic nitrogens is 4. The number of H-pyrrole nitrogens is 2. The lowest BCUT2D eigenvalue weighted by molar-refractivity contribution is 0.00706. The van der Waals surface area contributed by atoms with Crippen LogP contribution in [0.4, 0.5) is 10.2 Å². The third-order valence-electron chi connectivity index (χ3n) is 7.34. The van der Waals surface area contributed by atoms with E-state index in [-0.39, 0.29) is 42.7 Å². The molecule has 0 radical (unpaired) electrons. The molecule has 7 rings (SSSR count). The van der Waals surface area contributed by atoms with Crippen LogP contribution in [0.5, 0.6) is 6.01 Å². The van der Waals surface area contributed by atoms with E-state index >= 15 is 4.39 Å². The SMILES string of the molecule is O=c1ccc(-c2cc(F)c3c(c2)CCC3Nc2nc3nc(O[C@@H]4CO[C@H]5[C@@H]4OC[C@H]5O)[nH]c3cc2Cl)c[nH]1. The van der Waals surface area contributed by atoms with E-state index in [1.807, 2.05) is 6.07 Å². The lowest BCUT2D eigenvalue weighted by atomic mass is 10.00. The maximum absolute atomic E-state index is 15.3. The number of imidazole rings is 1. The first kappa shape index (κ1) is 23.6. The second kappa shape index (κ2) is 9.05. The van der Waals surface area contributed by atoms with Crippen LogP contribution in [-0.4, -0.2) is 62.7 Å². The summed E-state index contributed by atoms with van der Waals surface area (Å²) >= 11 is 6.53. The highest BCUT2D eigenvalue weighted by Gasteiger charge is 2.48. The molecule has 4 N–H and O–H groups in total. The van der Waals surface area contributed by atoms with Crippen LogP contribution in [-0.2, 0) is 15.9 Å². The Morgan fingerprint density at radius 3 is 2.84 bits per heavy atom. The Bertz CT molecular complexity index is 1590. The molecule has 0 amide bonds. The van der Waals surface area contributed by atoms with Crippen molar-refractivity contribution in [2.45, 2.75) is 43.3 Å². The van der Waals surface area contributed by atoms with Gasteiger partial charge in [0, 0.05) is 17.8 Å². The molecule has 10 nitrogen and oxygen atoms in total. The van der Waals surface area contributed by atoms with Gasteiger partial charge in [-0.3, -0.25) is 4.79 Å². The molecule has 3 aromatic heterocycles. The number of pyridine rings is 2. The van der Waals surface area contributed by atoms with Crippen LogP contribution in [0.15, 0.2) is 41.3 Å². The molecule has 4 aromatic rings. The highest BCUT2D eigenvalue weighted by molar-refractivity contribution is 6.33. The second-order valence-corrected chi connectivity index (χ2v) is 10.2. The lowest BCUT2D eigenvalue weighted by Gasteiger charge is -2.17. The predicted molar refractivity (Wildman–Crippen MR) is 136 cm³/mol. The van der Waals surface area contributed by atoms with Crippen molar-refractivity contribution in [3.63, 3.8) is 0 Å². The third kappa shape index (κ3) is 4.02. The fourth-order valence-electron chi connectivity index (χ4n) is 5.52. The molecule has 5 heterocycles. The minimum atomic E-state index is -0.667. The van der Waals surface area contributed by atoms with E-state index in [1.54, 1.807) is 18.3 Å². The number of nitrogens with one attached hydrogen (secondary N) is 3. The molecule has 12 heteroatoms. The number of hydrogen-bond donors (Lipinski definition) is 4. The first-order valence-corrected chi connectivity index (χ1v) is 12.7. The molecule has 1 unspecified atom stereocenters. The van der Waals surface area contributed by atoms with Crippen LogP contribution in [0.1, 0.15) is 23.6 Å². The van der Waals surface area contributed by atoms with Crippen molar-refractivity contribution in [2.24, 2.45) is 0 Å². The first-order chi connectivity index (χ1) is 18.4. The molecule has 1 aliphatic carbocycles. The maximum atomic E-state index is 15.3. The van der Waals surface area contributed by atoms with Gasteiger partial charge in [0.25, 0.3) is 6.01 Å². The Balaban J connectivity index is 1.12. The van der Waals surface area contributed by atoms with E-state index < -0.39 is 18.3 Å². The van der Waals surface area contributed by atoms with E-state index in [1.165, 1.54) is 12.1 Å². The number of benzene rings is 1. The highest BCUT2D eigenvalue weighted by Crippen LogP contribution is 2.39. The lowest BCUT2D eigenvalue weighted by Crippen LogP contribution is -2.34. The van der Waals surface area contributed by atoms with Crippen LogP contribution >= 0.6 is 11.6 Å². The van der Waals surface area contributed by atoms with Gasteiger partial charge in [-0.2, -0.15) is 4.98 Å². The van der Waals surface area contributed by atoms with Gasteiger partial charge in [-0.05, 0) is 47.7 Å². The zero-order chi connectivity index (χ0) is 26.0. The van der Waals surface area contributed by atoms with Crippen molar-refractivity contribution in [1.82, 2.24) is 19.9 Å². The van der Waals surface area contributed by atoms with Crippen LogP contribution in [0, 0.1) is 5.82 Å². The van der Waals surface area contributed by atoms with Crippen LogP contribution in [0.25, 0.3) is 22.3 Å². The van der Waals surface area contributed by atoms with Gasteiger partial charge >= 0.3 is 0 Å². The third-order valence-corrected chi connectivity index (χ3v) is 7.63. The Hall–Kier alpha value is -3.51. The Labute approximate surface area is 220 Å². The molecular weight excluding hydrogens is 517 g/mol. The van der Waals surface area contributed by atoms with Gasteiger partial charge in [-0.15, -0.1) is 0 Å². The minimum Gasteiger partial charge on any atom is -0.456 e. The normalized spacial score (nSPS) is 26.0. The molecule has 0 spiro atoms. The van der Waals surface area contributed by atoms with Gasteiger partial charge in [0.05, 0.1) is 29.8 Å². The van der Waals surface area contributed by atoms with Crippen LogP contribution in [0.3, 0.4) is 0 Å². The van der Waals surface area contributed by atoms with Gasteiger partial charge in [-0.1, -0.05) is 17.7 Å². The Kier molecular flexibility index (Phi) is 5.62. The van der Waals surface area contributed by atoms with Crippen LogP contribution in [0.2, 0.25) is 5.02 Å². The van der Waals surface area contributed by atoms with Crippen molar-refractivity contribution in [1.29, 1.82) is 0 Å². The molecular formula is C26H23ClFN5O5. The summed E-state index contributed by atoms with van der Waals surface area (Å²) in [7, 11) is 0. The molecule has 0 bridgehead atoms. The van der Waals surface area contributed by atoms with E-state index in [4.69, 9.17) is 25.8 Å². The first-order valence-electron chi connectivity index (χ1n) is 12.3. The molecule has 2 aliphatic heterocycles. The fraction of sp³-hybridized carbons (Fsp3) is 0.346. The number of ether oxygens (including phenoxy) is 3. The molecule has 0 saturated carbocycles. The van der Waals surface area contributed by atoms with Gasteiger partial charge in [0.1, 0.15) is 29.9 Å². The number of rotatable bonds is 5. The summed E-state index contributed by atoms with van der Waals surface area (Å²) in [6, 6.07) is 8.15. The van der Waals surface area contributed by atoms with Gasteiger partial charge in [-0.25, -0.2) is 9.37 Å². The summed E-state index contributed by atoms with van der Waals surface area (Å²) < 4.78 is 32.5. The predicted octanol–water partition coefficient (Wildman–Crippen LogP) is 3.11. The van der Waals surface area contributed by atoms with E-state index in [0.717, 1.165) is 11.1 Å². The number of nitrogens with zero attached hydrogens (tertiary/aromatic N) is 2. The molecule has 3 aliphatic rings. The number of halogens is 2. The smallest absolute Gasteiger partial charge is 0.296 e. The van der Waals surface area contributed by atoms with Crippen molar-refractivity contribution in [3.05, 3.63) is 68.8 Å². The van der Waals surface area contributed by atoms with E-state index in [9.17, 15) is 9.90 Å². The minimum absolute atomic E-state index is 0.208. The molecule has 196 valence electrons. The van der Waals surface area contributed by atoms with E-state index in [2.05, 4.69) is 25.3 Å². The average Bonchev–Trinajstić information content (AvgIpc) is 3.66. The summed E-state index contributed by atoms with van der Waals surface area (Å²) in [5.74, 6) is 0.0633.